The molecule has 29 heavy (non-hydrogen) atoms. The number of nitrogens with one attached hydrogen (secondary N) is 1. The molecule has 1 saturated heterocycles. The minimum absolute atomic E-state index is 0.450. The molecule has 12 nitrogen and oxygen atoms in total. The SMILES string of the molecule is CC(=O)OC[C@@H]1O[C@@H](n2cc(F)c(=O)[nH]c2=O)[C@@H](N)[C@@H](OC(C)=O)[C@H]1OC(C)=O. The molecule has 160 valence electrons. The van der Waals surface area contributed by atoms with E-state index in [0.717, 1.165) is 20.8 Å². The average molecular weight is 417 g/mol. The molecular formula is C16H20FN3O9. The van der Waals surface area contributed by atoms with Gasteiger partial charge in [-0.2, -0.15) is 4.39 Å². The zero-order valence-electron chi connectivity index (χ0n) is 15.7. The normalized spacial score (nSPS) is 26.4. The number of aromatic nitrogens is 2. The molecule has 2 heterocycles. The second-order valence-corrected chi connectivity index (χ2v) is 6.24. The minimum atomic E-state index is -1.45. The lowest BCUT2D eigenvalue weighted by Crippen LogP contribution is -2.63. The summed E-state index contributed by atoms with van der Waals surface area (Å²) in [5, 5.41) is 0. The number of esters is 3. The monoisotopic (exact) mass is 417 g/mol. The smallest absolute Gasteiger partial charge is 0.330 e. The van der Waals surface area contributed by atoms with Gasteiger partial charge in [0.2, 0.25) is 5.82 Å². The molecule has 1 fully saturated rings. The van der Waals surface area contributed by atoms with Crippen molar-refractivity contribution < 1.29 is 37.7 Å². The van der Waals surface area contributed by atoms with Gasteiger partial charge in [-0.05, 0) is 0 Å². The highest BCUT2D eigenvalue weighted by molar-refractivity contribution is 5.67. The van der Waals surface area contributed by atoms with E-state index in [1.165, 1.54) is 0 Å². The van der Waals surface area contributed by atoms with Crippen LogP contribution < -0.4 is 17.0 Å². The Morgan fingerprint density at radius 1 is 1.14 bits per heavy atom. The number of nitrogens with two attached hydrogens (primary N) is 1. The number of carbonyl (C=O) groups excluding carboxylic acids is 3. The van der Waals surface area contributed by atoms with Crippen LogP contribution in [-0.4, -0.2) is 58.4 Å². The van der Waals surface area contributed by atoms with Crippen molar-refractivity contribution in [3.63, 3.8) is 0 Å². The molecule has 0 aliphatic carbocycles. The van der Waals surface area contributed by atoms with Crippen LogP contribution >= 0.6 is 0 Å². The third-order valence-electron chi connectivity index (χ3n) is 3.97. The maximum Gasteiger partial charge on any atom is 0.330 e. The first-order chi connectivity index (χ1) is 13.5. The fraction of sp³-hybridized carbons (Fsp3) is 0.562. The van der Waals surface area contributed by atoms with Crippen LogP contribution in [0.4, 0.5) is 4.39 Å². The largest absolute Gasteiger partial charge is 0.463 e. The van der Waals surface area contributed by atoms with Crippen molar-refractivity contribution in [1.82, 2.24) is 9.55 Å². The first kappa shape index (κ1) is 22.2. The maximum absolute atomic E-state index is 13.7. The molecule has 2 rings (SSSR count). The number of halogens is 1. The Bertz CT molecular complexity index is 912. The first-order valence-corrected chi connectivity index (χ1v) is 8.41. The quantitative estimate of drug-likeness (QED) is 0.417. The molecule has 1 aliphatic rings. The van der Waals surface area contributed by atoms with Crippen LogP contribution in [0.15, 0.2) is 15.8 Å². The van der Waals surface area contributed by atoms with E-state index in [0.29, 0.717) is 10.8 Å². The van der Waals surface area contributed by atoms with E-state index in [1.807, 2.05) is 0 Å². The van der Waals surface area contributed by atoms with Crippen molar-refractivity contribution in [3.05, 3.63) is 32.9 Å². The Hall–Kier alpha value is -3.06. The zero-order valence-corrected chi connectivity index (χ0v) is 15.7. The number of rotatable bonds is 5. The van der Waals surface area contributed by atoms with Crippen LogP contribution in [0.3, 0.4) is 0 Å². The lowest BCUT2D eigenvalue weighted by Gasteiger charge is -2.44. The van der Waals surface area contributed by atoms with Crippen molar-refractivity contribution in [1.29, 1.82) is 0 Å². The van der Waals surface area contributed by atoms with Crippen molar-refractivity contribution in [2.75, 3.05) is 6.61 Å². The fourth-order valence-electron chi connectivity index (χ4n) is 2.85. The number of nitrogens with zero attached hydrogens (tertiary/aromatic N) is 1. The second kappa shape index (κ2) is 8.96. The second-order valence-electron chi connectivity index (χ2n) is 6.24. The van der Waals surface area contributed by atoms with Gasteiger partial charge in [-0.1, -0.05) is 0 Å². The Morgan fingerprint density at radius 3 is 2.28 bits per heavy atom. The molecule has 0 aromatic carbocycles. The van der Waals surface area contributed by atoms with E-state index in [2.05, 4.69) is 0 Å². The van der Waals surface area contributed by atoms with Gasteiger partial charge < -0.3 is 24.7 Å². The molecule has 0 saturated carbocycles. The number of ether oxygens (including phenoxy) is 4. The van der Waals surface area contributed by atoms with Gasteiger partial charge >= 0.3 is 23.6 Å². The summed E-state index contributed by atoms with van der Waals surface area (Å²) in [6, 6.07) is -1.32. The van der Waals surface area contributed by atoms with Crippen molar-refractivity contribution in [2.24, 2.45) is 5.73 Å². The lowest BCUT2D eigenvalue weighted by atomic mass is 9.96. The van der Waals surface area contributed by atoms with Gasteiger partial charge in [0.05, 0.1) is 12.2 Å². The summed E-state index contributed by atoms with van der Waals surface area (Å²) in [5.74, 6) is -3.52. The summed E-state index contributed by atoms with van der Waals surface area (Å²) in [5.41, 5.74) is 3.77. The van der Waals surface area contributed by atoms with E-state index in [1.54, 1.807) is 4.98 Å². The highest BCUT2D eigenvalue weighted by Gasteiger charge is 2.49. The number of hydrogen-bond donors (Lipinski definition) is 2. The van der Waals surface area contributed by atoms with Crippen molar-refractivity contribution >= 4 is 17.9 Å². The van der Waals surface area contributed by atoms with E-state index in [9.17, 15) is 28.4 Å². The zero-order chi connectivity index (χ0) is 21.9. The number of aromatic amines is 1. The van der Waals surface area contributed by atoms with Crippen LogP contribution in [0.25, 0.3) is 0 Å². The summed E-state index contributed by atoms with van der Waals surface area (Å²) < 4.78 is 35.2. The first-order valence-electron chi connectivity index (χ1n) is 8.41. The van der Waals surface area contributed by atoms with Crippen molar-refractivity contribution in [3.8, 4) is 0 Å². The molecule has 5 atom stereocenters. The third kappa shape index (κ3) is 5.26. The van der Waals surface area contributed by atoms with Crippen molar-refractivity contribution in [2.45, 2.75) is 51.4 Å². The molecule has 13 heteroatoms. The Morgan fingerprint density at radius 2 is 1.72 bits per heavy atom. The highest BCUT2D eigenvalue weighted by Crippen LogP contribution is 2.30. The van der Waals surface area contributed by atoms with Gasteiger partial charge in [-0.3, -0.25) is 28.7 Å². The summed E-state index contributed by atoms with van der Waals surface area (Å²) in [6.07, 6.45) is -4.72. The predicted molar refractivity (Wildman–Crippen MR) is 90.9 cm³/mol. The van der Waals surface area contributed by atoms with E-state index >= 15 is 0 Å². The predicted octanol–water partition coefficient (Wildman–Crippen LogP) is -1.67. The number of hydrogen-bond acceptors (Lipinski definition) is 10. The van der Waals surface area contributed by atoms with Crippen LogP contribution in [-0.2, 0) is 33.3 Å². The molecule has 0 spiro atoms. The number of H-pyrrole nitrogens is 1. The summed E-state index contributed by atoms with van der Waals surface area (Å²) in [7, 11) is 0. The van der Waals surface area contributed by atoms with E-state index < -0.39 is 72.2 Å². The van der Waals surface area contributed by atoms with Gasteiger partial charge in [0.25, 0.3) is 5.56 Å². The topological polar surface area (TPSA) is 169 Å². The van der Waals surface area contributed by atoms with Gasteiger partial charge in [-0.15, -0.1) is 0 Å². The third-order valence-corrected chi connectivity index (χ3v) is 3.97. The minimum Gasteiger partial charge on any atom is -0.463 e. The molecular weight excluding hydrogens is 397 g/mol. The van der Waals surface area contributed by atoms with Gasteiger partial charge in [0.1, 0.15) is 12.7 Å². The fourth-order valence-corrected chi connectivity index (χ4v) is 2.85. The molecule has 3 N–H and O–H groups in total. The van der Waals surface area contributed by atoms with Gasteiger partial charge in [0, 0.05) is 20.8 Å². The van der Waals surface area contributed by atoms with E-state index in [4.69, 9.17) is 24.7 Å². The molecule has 0 radical (unpaired) electrons. The van der Waals surface area contributed by atoms with Crippen LogP contribution in [0.5, 0.6) is 0 Å². The van der Waals surface area contributed by atoms with Crippen LogP contribution in [0.1, 0.15) is 27.0 Å². The molecule has 1 aromatic heterocycles. The highest BCUT2D eigenvalue weighted by atomic mass is 19.1. The Kier molecular flexibility index (Phi) is 6.87. The Balaban J connectivity index is 2.51. The summed E-state index contributed by atoms with van der Waals surface area (Å²) in [4.78, 5) is 59.4. The molecule has 1 aliphatic heterocycles. The average Bonchev–Trinajstić information content (AvgIpc) is 2.60. The summed E-state index contributed by atoms with van der Waals surface area (Å²) >= 11 is 0. The summed E-state index contributed by atoms with van der Waals surface area (Å²) in [6.45, 7) is 2.84. The van der Waals surface area contributed by atoms with Gasteiger partial charge in [0.15, 0.2) is 18.4 Å². The molecule has 0 amide bonds. The molecule has 0 unspecified atom stereocenters. The van der Waals surface area contributed by atoms with Gasteiger partial charge in [-0.25, -0.2) is 4.79 Å². The maximum atomic E-state index is 13.7. The standard InChI is InChI=1S/C16H20FN3O9/c1-6(21)26-5-10-12(27-7(2)22)13(28-8(3)23)11(18)15(29-10)20-4-9(17)14(24)19-16(20)25/h4,10-13,15H,5,18H2,1-3H3,(H,19,24,25)/t10-,11-,12-,13+,15+/m0/s1. The van der Waals surface area contributed by atoms with Crippen LogP contribution in [0, 0.1) is 5.82 Å². The molecule has 1 aromatic rings. The van der Waals surface area contributed by atoms with E-state index in [-0.39, 0.29) is 0 Å². The molecule has 0 bridgehead atoms. The van der Waals surface area contributed by atoms with Crippen LogP contribution in [0.2, 0.25) is 0 Å². The lowest BCUT2D eigenvalue weighted by molar-refractivity contribution is -0.234. The Labute approximate surface area is 162 Å². The number of carbonyl (C=O) groups is 3.